The van der Waals surface area contributed by atoms with Crippen LogP contribution in [0.5, 0.6) is 5.75 Å². The van der Waals surface area contributed by atoms with Crippen molar-refractivity contribution in [2.45, 2.75) is 51.2 Å². The van der Waals surface area contributed by atoms with Gasteiger partial charge in [-0.3, -0.25) is 9.69 Å². The van der Waals surface area contributed by atoms with Gasteiger partial charge >= 0.3 is 6.09 Å². The van der Waals surface area contributed by atoms with E-state index in [1.54, 1.807) is 6.92 Å². The highest BCUT2D eigenvalue weighted by Gasteiger charge is 2.19. The van der Waals surface area contributed by atoms with Crippen LogP contribution >= 0.6 is 0 Å². The highest BCUT2D eigenvalue weighted by Crippen LogP contribution is 2.26. The molecule has 4 N–H and O–H groups in total. The van der Waals surface area contributed by atoms with Gasteiger partial charge in [0.2, 0.25) is 15.9 Å². The topological polar surface area (TPSA) is 148 Å². The molecular formula is C20H31N3O7S. The largest absolute Gasteiger partial charge is 0.490 e. The zero-order valence-corrected chi connectivity index (χ0v) is 18.5. The van der Waals surface area contributed by atoms with Crippen molar-refractivity contribution < 1.29 is 32.6 Å². The summed E-state index contributed by atoms with van der Waals surface area (Å²) < 4.78 is 38.5. The first-order valence-corrected chi connectivity index (χ1v) is 11.9. The number of nitrogens with one attached hydrogen (secondary N) is 1. The van der Waals surface area contributed by atoms with Crippen molar-refractivity contribution in [2.75, 3.05) is 25.6 Å². The van der Waals surface area contributed by atoms with E-state index >= 15 is 0 Å². The number of amides is 2. The predicted molar refractivity (Wildman–Crippen MR) is 114 cm³/mol. The molecule has 0 aliphatic heterocycles. The number of sulfonamides is 1. The molecule has 1 aromatic rings. The first-order valence-electron chi connectivity index (χ1n) is 10.3. The minimum atomic E-state index is -3.58. The van der Waals surface area contributed by atoms with Gasteiger partial charge in [0.25, 0.3) is 0 Å². The van der Waals surface area contributed by atoms with Gasteiger partial charge in [-0.2, -0.15) is 0 Å². The minimum absolute atomic E-state index is 0.0164. The Morgan fingerprint density at radius 3 is 2.68 bits per heavy atom. The number of primary amides is 1. The average molecular weight is 458 g/mol. The van der Waals surface area contributed by atoms with Crippen LogP contribution in [0.25, 0.3) is 0 Å². The van der Waals surface area contributed by atoms with Crippen LogP contribution in [0.3, 0.4) is 0 Å². The van der Waals surface area contributed by atoms with Gasteiger partial charge in [-0.05, 0) is 56.7 Å². The summed E-state index contributed by atoms with van der Waals surface area (Å²) in [6.07, 6.45) is 3.47. The monoisotopic (exact) mass is 457 g/mol. The molecule has 31 heavy (non-hydrogen) atoms. The van der Waals surface area contributed by atoms with Crippen LogP contribution in [0.2, 0.25) is 0 Å². The third-order valence-electron chi connectivity index (χ3n) is 4.89. The summed E-state index contributed by atoms with van der Waals surface area (Å²) in [5.74, 6) is -0.245. The van der Waals surface area contributed by atoms with Crippen molar-refractivity contribution in [3.05, 3.63) is 29.8 Å². The lowest BCUT2D eigenvalue weighted by atomic mass is 10.1. The molecule has 11 heteroatoms. The summed E-state index contributed by atoms with van der Waals surface area (Å²) in [7, 11) is -3.58. The number of benzene rings is 1. The summed E-state index contributed by atoms with van der Waals surface area (Å²) in [4.78, 5) is 22.5. The first kappa shape index (κ1) is 24.9. The maximum absolute atomic E-state index is 12.4. The average Bonchev–Trinajstić information content (AvgIpc) is 3.19. The zero-order chi connectivity index (χ0) is 22.9. The molecule has 10 nitrogen and oxygen atoms in total. The highest BCUT2D eigenvalue weighted by molar-refractivity contribution is 7.89. The van der Waals surface area contributed by atoms with E-state index < -0.39 is 34.6 Å². The van der Waals surface area contributed by atoms with Crippen molar-refractivity contribution in [1.82, 2.24) is 9.62 Å². The van der Waals surface area contributed by atoms with E-state index in [9.17, 15) is 18.0 Å². The lowest BCUT2D eigenvalue weighted by Crippen LogP contribution is -2.39. The van der Waals surface area contributed by atoms with E-state index in [-0.39, 0.29) is 31.6 Å². The molecular weight excluding hydrogens is 426 g/mol. The fraction of sp³-hybridized carbons (Fsp3) is 0.600. The molecule has 1 fully saturated rings. The molecule has 0 radical (unpaired) electrons. The second-order valence-corrected chi connectivity index (χ2v) is 9.47. The normalized spacial score (nSPS) is 15.5. The third-order valence-corrected chi connectivity index (χ3v) is 6.42. The van der Waals surface area contributed by atoms with Crippen LogP contribution in [-0.4, -0.2) is 62.2 Å². The van der Waals surface area contributed by atoms with Gasteiger partial charge in [-0.15, -0.1) is 0 Å². The van der Waals surface area contributed by atoms with Crippen LogP contribution in [0, 0.1) is 0 Å². The summed E-state index contributed by atoms with van der Waals surface area (Å²) in [5, 5.41) is 8.94. The minimum Gasteiger partial charge on any atom is -0.490 e. The molecule has 0 aromatic heterocycles. The Labute approximate surface area is 182 Å². The second kappa shape index (κ2) is 11.9. The molecule has 1 aliphatic carbocycles. The number of ether oxygens (including phenoxy) is 2. The van der Waals surface area contributed by atoms with Crippen LogP contribution in [0.4, 0.5) is 4.79 Å². The Hall–Kier alpha value is -2.37. The van der Waals surface area contributed by atoms with Crippen molar-refractivity contribution >= 4 is 22.0 Å². The van der Waals surface area contributed by atoms with Gasteiger partial charge < -0.3 is 20.3 Å². The van der Waals surface area contributed by atoms with Crippen LogP contribution in [0.15, 0.2) is 24.3 Å². The standard InChI is InChI=1S/C20H31N3O7S/c1-15(16-6-4-9-18(12-16)30-17-7-2-3-8-17)22-31(27,28)11-5-10-29-14-23(20(25)26)13-19(21)24/h4,6,9,12,15,17,22H,2-3,5,7-8,10-11,13-14H2,1H3,(H2,21,24)(H,25,26)/t15-/m1/s1. The number of nitrogens with two attached hydrogens (primary N) is 1. The summed E-state index contributed by atoms with van der Waals surface area (Å²) in [6.45, 7) is 0.923. The number of nitrogens with zero attached hydrogens (tertiary/aromatic N) is 1. The maximum atomic E-state index is 12.4. The Morgan fingerprint density at radius 1 is 1.32 bits per heavy atom. The van der Waals surface area contributed by atoms with E-state index in [0.717, 1.165) is 24.2 Å². The van der Waals surface area contributed by atoms with Gasteiger partial charge in [0.05, 0.1) is 11.9 Å². The highest BCUT2D eigenvalue weighted by atomic mass is 32.2. The molecule has 0 heterocycles. The van der Waals surface area contributed by atoms with Crippen LogP contribution in [-0.2, 0) is 19.6 Å². The third kappa shape index (κ3) is 9.11. The van der Waals surface area contributed by atoms with E-state index in [1.165, 1.54) is 12.8 Å². The SMILES string of the molecule is C[C@@H](NS(=O)(=O)CCCOCN(CC(N)=O)C(=O)O)c1cccc(OC2CCCC2)c1. The number of rotatable bonds is 13. The van der Waals surface area contributed by atoms with Gasteiger partial charge in [0.1, 0.15) is 19.0 Å². The lowest BCUT2D eigenvalue weighted by molar-refractivity contribution is -0.120. The molecule has 1 saturated carbocycles. The predicted octanol–water partition coefficient (Wildman–Crippen LogP) is 1.82. The van der Waals surface area contributed by atoms with Gasteiger partial charge in [0, 0.05) is 12.6 Å². The summed E-state index contributed by atoms with van der Waals surface area (Å²) in [5.41, 5.74) is 5.77. The van der Waals surface area contributed by atoms with Crippen LogP contribution in [0.1, 0.15) is 50.6 Å². The van der Waals surface area contributed by atoms with E-state index in [1.807, 2.05) is 24.3 Å². The number of carbonyl (C=O) groups excluding carboxylic acids is 1. The number of carbonyl (C=O) groups is 2. The molecule has 2 amide bonds. The molecule has 1 atom stereocenters. The smallest absolute Gasteiger partial charge is 0.409 e. The van der Waals surface area contributed by atoms with Gasteiger partial charge in [-0.1, -0.05) is 12.1 Å². The number of carboxylic acid groups (broad SMARTS) is 1. The van der Waals surface area contributed by atoms with Crippen LogP contribution < -0.4 is 15.2 Å². The molecule has 0 spiro atoms. The fourth-order valence-electron chi connectivity index (χ4n) is 3.33. The first-order chi connectivity index (χ1) is 14.7. The molecule has 1 aliphatic rings. The lowest BCUT2D eigenvalue weighted by Gasteiger charge is -2.18. The quantitative estimate of drug-likeness (QED) is 0.302. The maximum Gasteiger partial charge on any atom is 0.409 e. The van der Waals surface area contributed by atoms with Crippen molar-refractivity contribution in [1.29, 1.82) is 0 Å². The van der Waals surface area contributed by atoms with Crippen molar-refractivity contribution in [3.63, 3.8) is 0 Å². The molecule has 1 aromatic carbocycles. The Balaban J connectivity index is 1.77. The summed E-state index contributed by atoms with van der Waals surface area (Å²) >= 11 is 0. The van der Waals surface area contributed by atoms with E-state index in [0.29, 0.717) is 4.90 Å². The molecule has 174 valence electrons. The van der Waals surface area contributed by atoms with Crippen molar-refractivity contribution in [3.8, 4) is 5.75 Å². The fourth-order valence-corrected chi connectivity index (χ4v) is 4.63. The molecule has 2 rings (SSSR count). The zero-order valence-electron chi connectivity index (χ0n) is 17.7. The Kier molecular flexibility index (Phi) is 9.53. The Morgan fingerprint density at radius 2 is 2.03 bits per heavy atom. The van der Waals surface area contributed by atoms with Crippen molar-refractivity contribution in [2.24, 2.45) is 5.73 Å². The van der Waals surface area contributed by atoms with Gasteiger partial charge in [-0.25, -0.2) is 17.9 Å². The van der Waals surface area contributed by atoms with E-state index in [4.69, 9.17) is 20.3 Å². The molecule has 0 saturated heterocycles. The molecule has 0 bridgehead atoms. The second-order valence-electron chi connectivity index (χ2n) is 7.59. The Bertz CT molecular complexity index is 841. The number of hydrogen-bond donors (Lipinski definition) is 3. The van der Waals surface area contributed by atoms with Gasteiger partial charge in [0.15, 0.2) is 0 Å². The molecule has 0 unspecified atom stereocenters. The van der Waals surface area contributed by atoms with E-state index in [2.05, 4.69) is 4.72 Å². The number of hydrogen-bond acceptors (Lipinski definition) is 6. The summed E-state index contributed by atoms with van der Waals surface area (Å²) in [6, 6.07) is 6.98.